The Hall–Kier alpha value is -3.50. The van der Waals surface area contributed by atoms with Gasteiger partial charge >= 0.3 is 18.2 Å². The first-order valence-corrected chi connectivity index (χ1v) is 9.89. The maximum Gasteiger partial charge on any atom is 0.408 e. The van der Waals surface area contributed by atoms with Crippen LogP contribution in [0.15, 0.2) is 30.3 Å². The molecule has 0 bridgehead atoms. The molecule has 5 amide bonds. The number of nitrogens with zero attached hydrogens (tertiary/aromatic N) is 1. The summed E-state index contributed by atoms with van der Waals surface area (Å²) in [7, 11) is 0. The topological polar surface area (TPSA) is 138 Å². The van der Waals surface area contributed by atoms with E-state index in [4.69, 9.17) is 9.47 Å². The molecule has 1 aliphatic heterocycles. The zero-order valence-electron chi connectivity index (χ0n) is 17.8. The standard InChI is InChI=1S/C20H29N5O6/c1-20(2,3)31-19(29)23-16-11-25(17(27)24-21-13-26)10-9-15(16)22-18(28)30-12-14-7-5-4-6-8-14/h4-8,13,15-16H,9-12H2,1-3H3,(H,21,26)(H,22,28)(H,23,29)(H,24,27)/t15-,16+/m0/s1. The molecule has 1 heterocycles. The molecular formula is C20H29N5O6. The lowest BCUT2D eigenvalue weighted by Gasteiger charge is -2.38. The maximum absolute atomic E-state index is 12.3. The minimum absolute atomic E-state index is 0.0925. The fraction of sp³-hybridized carbons (Fsp3) is 0.500. The van der Waals surface area contributed by atoms with Crippen LogP contribution in [0.3, 0.4) is 0 Å². The highest BCUT2D eigenvalue weighted by Crippen LogP contribution is 2.14. The van der Waals surface area contributed by atoms with Crippen molar-refractivity contribution in [3.05, 3.63) is 35.9 Å². The summed E-state index contributed by atoms with van der Waals surface area (Å²) in [5.74, 6) is 0. The summed E-state index contributed by atoms with van der Waals surface area (Å²) in [6, 6.07) is 7.58. The monoisotopic (exact) mass is 435 g/mol. The number of piperidine rings is 1. The van der Waals surface area contributed by atoms with Gasteiger partial charge in [0.25, 0.3) is 0 Å². The predicted octanol–water partition coefficient (Wildman–Crippen LogP) is 1.25. The van der Waals surface area contributed by atoms with E-state index in [-0.39, 0.29) is 13.2 Å². The molecule has 2 rings (SSSR count). The number of hydrogen-bond acceptors (Lipinski definition) is 6. The molecule has 0 saturated carbocycles. The number of carbonyl (C=O) groups excluding carboxylic acids is 4. The molecule has 1 aromatic carbocycles. The predicted molar refractivity (Wildman–Crippen MR) is 111 cm³/mol. The van der Waals surface area contributed by atoms with Crippen LogP contribution in [-0.2, 0) is 20.9 Å². The summed E-state index contributed by atoms with van der Waals surface area (Å²) in [5, 5.41) is 5.45. The highest BCUT2D eigenvalue weighted by atomic mass is 16.6. The molecule has 0 aromatic heterocycles. The molecule has 1 saturated heterocycles. The fourth-order valence-electron chi connectivity index (χ4n) is 3.00. The van der Waals surface area contributed by atoms with Crippen molar-refractivity contribution in [1.29, 1.82) is 0 Å². The van der Waals surface area contributed by atoms with Crippen molar-refractivity contribution in [2.75, 3.05) is 13.1 Å². The van der Waals surface area contributed by atoms with Gasteiger partial charge in [-0.25, -0.2) is 19.8 Å². The van der Waals surface area contributed by atoms with Crippen LogP contribution in [0.1, 0.15) is 32.8 Å². The Morgan fingerprint density at radius 3 is 2.42 bits per heavy atom. The molecule has 0 radical (unpaired) electrons. The lowest BCUT2D eigenvalue weighted by Crippen LogP contribution is -2.63. The Balaban J connectivity index is 1.98. The minimum Gasteiger partial charge on any atom is -0.445 e. The Kier molecular flexibility index (Phi) is 8.47. The van der Waals surface area contributed by atoms with Crippen LogP contribution in [0.25, 0.3) is 0 Å². The first-order valence-electron chi connectivity index (χ1n) is 9.89. The normalized spacial score (nSPS) is 18.4. The summed E-state index contributed by atoms with van der Waals surface area (Å²) in [6.07, 6.45) is -0.610. The van der Waals surface area contributed by atoms with Crippen molar-refractivity contribution in [2.45, 2.75) is 51.5 Å². The third-order valence-electron chi connectivity index (χ3n) is 4.36. The van der Waals surface area contributed by atoms with Crippen LogP contribution in [0.2, 0.25) is 0 Å². The van der Waals surface area contributed by atoms with E-state index in [1.165, 1.54) is 4.90 Å². The molecule has 31 heavy (non-hydrogen) atoms. The number of hydrazine groups is 1. The molecular weight excluding hydrogens is 406 g/mol. The van der Waals surface area contributed by atoms with E-state index < -0.39 is 35.9 Å². The summed E-state index contributed by atoms with van der Waals surface area (Å²) >= 11 is 0. The number of rotatable bonds is 6. The minimum atomic E-state index is -0.707. The highest BCUT2D eigenvalue weighted by molar-refractivity contribution is 5.76. The Morgan fingerprint density at radius 1 is 1.10 bits per heavy atom. The van der Waals surface area contributed by atoms with Crippen LogP contribution >= 0.6 is 0 Å². The Morgan fingerprint density at radius 2 is 1.77 bits per heavy atom. The number of benzene rings is 1. The zero-order valence-corrected chi connectivity index (χ0v) is 17.8. The quantitative estimate of drug-likeness (QED) is 0.392. The SMILES string of the molecule is CC(C)(C)OC(=O)N[C@@H]1CN(C(=O)NNC=O)CC[C@@H]1NC(=O)OCc1ccccc1. The van der Waals surface area contributed by atoms with Gasteiger partial charge in [-0.3, -0.25) is 10.2 Å². The van der Waals surface area contributed by atoms with E-state index in [1.807, 2.05) is 30.3 Å². The van der Waals surface area contributed by atoms with Crippen LogP contribution in [0.5, 0.6) is 0 Å². The van der Waals surface area contributed by atoms with Gasteiger partial charge in [0.2, 0.25) is 6.41 Å². The van der Waals surface area contributed by atoms with Gasteiger partial charge in [-0.2, -0.15) is 0 Å². The number of ether oxygens (including phenoxy) is 2. The summed E-state index contributed by atoms with van der Waals surface area (Å²) in [6.45, 7) is 5.69. The van der Waals surface area contributed by atoms with Crippen molar-refractivity contribution in [2.24, 2.45) is 0 Å². The van der Waals surface area contributed by atoms with Crippen molar-refractivity contribution in [3.8, 4) is 0 Å². The number of carbonyl (C=O) groups is 4. The Labute approximate surface area is 180 Å². The highest BCUT2D eigenvalue weighted by Gasteiger charge is 2.35. The van der Waals surface area contributed by atoms with Crippen LogP contribution in [0.4, 0.5) is 14.4 Å². The van der Waals surface area contributed by atoms with Gasteiger partial charge in [0.15, 0.2) is 0 Å². The molecule has 4 N–H and O–H groups in total. The molecule has 0 unspecified atom stereocenters. The van der Waals surface area contributed by atoms with Crippen LogP contribution in [-0.4, -0.2) is 60.3 Å². The third-order valence-corrected chi connectivity index (χ3v) is 4.36. The van der Waals surface area contributed by atoms with E-state index >= 15 is 0 Å². The second-order valence-corrected chi connectivity index (χ2v) is 7.99. The number of amides is 5. The first kappa shape index (κ1) is 23.8. The smallest absolute Gasteiger partial charge is 0.408 e. The van der Waals surface area contributed by atoms with Gasteiger partial charge in [-0.1, -0.05) is 30.3 Å². The van der Waals surface area contributed by atoms with Crippen LogP contribution < -0.4 is 21.5 Å². The van der Waals surface area contributed by atoms with E-state index in [2.05, 4.69) is 21.5 Å². The Bertz CT molecular complexity index is 767. The number of nitrogens with one attached hydrogen (secondary N) is 4. The van der Waals surface area contributed by atoms with E-state index in [9.17, 15) is 19.2 Å². The molecule has 0 aliphatic carbocycles. The van der Waals surface area contributed by atoms with E-state index in [1.54, 1.807) is 20.8 Å². The van der Waals surface area contributed by atoms with Crippen LogP contribution in [0, 0.1) is 0 Å². The molecule has 1 aliphatic rings. The zero-order chi connectivity index (χ0) is 22.9. The number of likely N-dealkylation sites (tertiary alicyclic amines) is 1. The molecule has 0 spiro atoms. The van der Waals surface area contributed by atoms with Gasteiger partial charge < -0.3 is 25.0 Å². The number of hydrogen-bond donors (Lipinski definition) is 4. The molecule has 11 nitrogen and oxygen atoms in total. The first-order chi connectivity index (χ1) is 14.7. The van der Waals surface area contributed by atoms with Crippen molar-refractivity contribution < 1.29 is 28.7 Å². The number of alkyl carbamates (subject to hydrolysis) is 2. The molecule has 1 fully saturated rings. The van der Waals surface area contributed by atoms with Gasteiger partial charge in [-0.05, 0) is 32.8 Å². The summed E-state index contributed by atoms with van der Waals surface area (Å²) < 4.78 is 10.5. The lowest BCUT2D eigenvalue weighted by atomic mass is 9.99. The van der Waals surface area contributed by atoms with E-state index in [0.717, 1.165) is 5.56 Å². The molecule has 11 heteroatoms. The average molecular weight is 435 g/mol. The average Bonchev–Trinajstić information content (AvgIpc) is 2.71. The summed E-state index contributed by atoms with van der Waals surface area (Å²) in [4.78, 5) is 48.5. The van der Waals surface area contributed by atoms with Crippen molar-refractivity contribution in [3.63, 3.8) is 0 Å². The van der Waals surface area contributed by atoms with Gasteiger partial charge in [0.1, 0.15) is 12.2 Å². The molecule has 2 atom stereocenters. The van der Waals surface area contributed by atoms with Gasteiger partial charge in [0.05, 0.1) is 12.1 Å². The van der Waals surface area contributed by atoms with Crippen molar-refractivity contribution in [1.82, 2.24) is 26.4 Å². The number of urea groups is 1. The van der Waals surface area contributed by atoms with E-state index in [0.29, 0.717) is 19.4 Å². The lowest BCUT2D eigenvalue weighted by molar-refractivity contribution is -0.110. The van der Waals surface area contributed by atoms with Gasteiger partial charge in [-0.15, -0.1) is 0 Å². The molecule has 1 aromatic rings. The summed E-state index contributed by atoms with van der Waals surface area (Å²) in [5.41, 5.74) is 4.44. The fourth-order valence-corrected chi connectivity index (χ4v) is 3.00. The molecule has 170 valence electrons. The largest absolute Gasteiger partial charge is 0.445 e. The second-order valence-electron chi connectivity index (χ2n) is 7.99. The van der Waals surface area contributed by atoms with Crippen molar-refractivity contribution >= 4 is 24.6 Å². The second kappa shape index (κ2) is 11.0. The maximum atomic E-state index is 12.3. The third kappa shape index (κ3) is 8.41. The van der Waals surface area contributed by atoms with Gasteiger partial charge in [0, 0.05) is 13.1 Å².